The van der Waals surface area contributed by atoms with Gasteiger partial charge in [0.25, 0.3) is 0 Å². The molecule has 0 unspecified atom stereocenters. The number of nitrogens with one attached hydrogen (secondary N) is 1. The zero-order valence-electron chi connectivity index (χ0n) is 11.1. The Bertz CT molecular complexity index is 515. The second-order valence-corrected chi connectivity index (χ2v) is 5.85. The molecule has 0 aromatic carbocycles. The Kier molecular flexibility index (Phi) is 5.15. The first-order valence-electron chi connectivity index (χ1n) is 6.19. The van der Waals surface area contributed by atoms with E-state index >= 15 is 0 Å². The maximum atomic E-state index is 4.36. The van der Waals surface area contributed by atoms with Crippen molar-refractivity contribution in [2.75, 3.05) is 23.8 Å². The number of hydrogen-bond acceptors (Lipinski definition) is 5. The van der Waals surface area contributed by atoms with Crippen molar-refractivity contribution in [1.82, 2.24) is 9.97 Å². The molecule has 0 fully saturated rings. The SMILES string of the molecule is CCCNc1ncnc(N(C)Cc2ccsc2)c1Br. The molecule has 1 N–H and O–H groups in total. The van der Waals surface area contributed by atoms with Crippen molar-refractivity contribution in [3.63, 3.8) is 0 Å². The number of aromatic nitrogens is 2. The van der Waals surface area contributed by atoms with Crippen molar-refractivity contribution in [3.8, 4) is 0 Å². The molecule has 102 valence electrons. The van der Waals surface area contributed by atoms with E-state index in [9.17, 15) is 0 Å². The second kappa shape index (κ2) is 6.86. The molecular weight excluding hydrogens is 324 g/mol. The molecular formula is C13H17BrN4S. The van der Waals surface area contributed by atoms with Gasteiger partial charge in [-0.05, 0) is 44.7 Å². The molecule has 0 atom stereocenters. The molecule has 2 heterocycles. The van der Waals surface area contributed by atoms with Crippen molar-refractivity contribution in [3.05, 3.63) is 33.2 Å². The van der Waals surface area contributed by atoms with Gasteiger partial charge in [0.15, 0.2) is 0 Å². The van der Waals surface area contributed by atoms with E-state index in [0.29, 0.717) is 0 Å². The lowest BCUT2D eigenvalue weighted by Crippen LogP contribution is -2.18. The summed E-state index contributed by atoms with van der Waals surface area (Å²) in [6, 6.07) is 2.13. The third-order valence-corrected chi connectivity index (χ3v) is 4.14. The predicted octanol–water partition coefficient (Wildman–Crippen LogP) is 3.76. The second-order valence-electron chi connectivity index (χ2n) is 4.27. The molecule has 0 amide bonds. The van der Waals surface area contributed by atoms with Crippen LogP contribution >= 0.6 is 27.3 Å². The van der Waals surface area contributed by atoms with E-state index in [2.05, 4.69) is 59.9 Å². The summed E-state index contributed by atoms with van der Waals surface area (Å²) in [5.74, 6) is 1.75. The van der Waals surface area contributed by atoms with Gasteiger partial charge in [-0.1, -0.05) is 6.92 Å². The fourth-order valence-electron chi connectivity index (χ4n) is 1.72. The zero-order chi connectivity index (χ0) is 13.7. The van der Waals surface area contributed by atoms with Crippen molar-refractivity contribution in [2.24, 2.45) is 0 Å². The highest BCUT2D eigenvalue weighted by Crippen LogP contribution is 2.29. The van der Waals surface area contributed by atoms with Gasteiger partial charge in [0.05, 0.1) is 0 Å². The summed E-state index contributed by atoms with van der Waals surface area (Å²) in [6.45, 7) is 3.88. The van der Waals surface area contributed by atoms with Crippen LogP contribution in [0.3, 0.4) is 0 Å². The number of nitrogens with zero attached hydrogens (tertiary/aromatic N) is 3. The van der Waals surface area contributed by atoms with Crippen LogP contribution in [0.25, 0.3) is 0 Å². The lowest BCUT2D eigenvalue weighted by Gasteiger charge is -2.20. The van der Waals surface area contributed by atoms with Gasteiger partial charge in [-0.3, -0.25) is 0 Å². The molecule has 4 nitrogen and oxygen atoms in total. The Balaban J connectivity index is 2.14. The van der Waals surface area contributed by atoms with Gasteiger partial charge in [0, 0.05) is 20.1 Å². The lowest BCUT2D eigenvalue weighted by molar-refractivity contribution is 0.886. The van der Waals surface area contributed by atoms with E-state index in [1.54, 1.807) is 17.7 Å². The average Bonchev–Trinajstić information content (AvgIpc) is 2.90. The van der Waals surface area contributed by atoms with Gasteiger partial charge in [-0.25, -0.2) is 9.97 Å². The molecule has 0 aliphatic carbocycles. The van der Waals surface area contributed by atoms with Crippen LogP contribution in [0.4, 0.5) is 11.6 Å². The van der Waals surface area contributed by atoms with E-state index in [4.69, 9.17) is 0 Å². The highest BCUT2D eigenvalue weighted by molar-refractivity contribution is 9.10. The monoisotopic (exact) mass is 340 g/mol. The zero-order valence-corrected chi connectivity index (χ0v) is 13.5. The lowest BCUT2D eigenvalue weighted by atomic mass is 10.3. The molecule has 19 heavy (non-hydrogen) atoms. The highest BCUT2D eigenvalue weighted by Gasteiger charge is 2.12. The van der Waals surface area contributed by atoms with Crippen LogP contribution in [0.5, 0.6) is 0 Å². The van der Waals surface area contributed by atoms with Gasteiger partial charge in [0.1, 0.15) is 22.4 Å². The van der Waals surface area contributed by atoms with Crippen molar-refractivity contribution < 1.29 is 0 Å². The Morgan fingerprint density at radius 2 is 2.26 bits per heavy atom. The summed E-state index contributed by atoms with van der Waals surface area (Å²) < 4.78 is 0.918. The minimum absolute atomic E-state index is 0.840. The summed E-state index contributed by atoms with van der Waals surface area (Å²) >= 11 is 5.30. The molecule has 6 heteroatoms. The first kappa shape index (κ1) is 14.3. The standard InChI is InChI=1S/C13H17BrN4S/c1-3-5-15-12-11(14)13(17-9-16-12)18(2)7-10-4-6-19-8-10/h4,6,8-9H,3,5,7H2,1-2H3,(H,15,16,17). The number of thiophene rings is 1. The van der Waals surface area contributed by atoms with E-state index in [0.717, 1.165) is 35.6 Å². The van der Waals surface area contributed by atoms with Gasteiger partial charge in [-0.2, -0.15) is 11.3 Å². The number of anilines is 2. The number of hydrogen-bond donors (Lipinski definition) is 1. The maximum absolute atomic E-state index is 4.36. The molecule has 0 aliphatic rings. The molecule has 0 spiro atoms. The topological polar surface area (TPSA) is 41.1 Å². The quantitative estimate of drug-likeness (QED) is 0.869. The summed E-state index contributed by atoms with van der Waals surface area (Å²) in [4.78, 5) is 10.7. The van der Waals surface area contributed by atoms with Crippen LogP contribution in [-0.2, 0) is 6.54 Å². The Labute approximate surface area is 126 Å². The molecule has 0 saturated carbocycles. The first-order chi connectivity index (χ1) is 9.22. The van der Waals surface area contributed by atoms with Crippen molar-refractivity contribution in [1.29, 1.82) is 0 Å². The maximum Gasteiger partial charge on any atom is 0.148 e. The van der Waals surface area contributed by atoms with Gasteiger partial charge in [0.2, 0.25) is 0 Å². The van der Waals surface area contributed by atoms with Crippen LogP contribution < -0.4 is 10.2 Å². The normalized spacial score (nSPS) is 10.5. The fraction of sp³-hybridized carbons (Fsp3) is 0.385. The summed E-state index contributed by atoms with van der Waals surface area (Å²) in [5.41, 5.74) is 1.29. The fourth-order valence-corrected chi connectivity index (χ4v) is 3.03. The molecule has 2 rings (SSSR count). The van der Waals surface area contributed by atoms with E-state index in [1.165, 1.54) is 5.56 Å². The smallest absolute Gasteiger partial charge is 0.148 e. The van der Waals surface area contributed by atoms with Crippen molar-refractivity contribution in [2.45, 2.75) is 19.9 Å². The third kappa shape index (κ3) is 3.67. The third-order valence-electron chi connectivity index (χ3n) is 2.67. The summed E-state index contributed by atoms with van der Waals surface area (Å²) in [6.07, 6.45) is 2.67. The number of rotatable bonds is 6. The summed E-state index contributed by atoms with van der Waals surface area (Å²) in [7, 11) is 2.04. The Hall–Kier alpha value is -1.14. The van der Waals surface area contributed by atoms with Gasteiger partial charge in [-0.15, -0.1) is 0 Å². The molecule has 2 aromatic heterocycles. The molecule has 2 aromatic rings. The predicted molar refractivity (Wildman–Crippen MR) is 84.9 cm³/mol. The largest absolute Gasteiger partial charge is 0.369 e. The van der Waals surface area contributed by atoms with E-state index in [-0.39, 0.29) is 0 Å². The number of halogens is 1. The molecule has 0 bridgehead atoms. The minimum atomic E-state index is 0.840. The van der Waals surface area contributed by atoms with Gasteiger partial charge >= 0.3 is 0 Å². The van der Waals surface area contributed by atoms with Crippen LogP contribution in [0.2, 0.25) is 0 Å². The highest BCUT2D eigenvalue weighted by atomic mass is 79.9. The van der Waals surface area contributed by atoms with Crippen LogP contribution in [0.15, 0.2) is 27.6 Å². The molecule has 0 radical (unpaired) electrons. The van der Waals surface area contributed by atoms with Crippen LogP contribution in [-0.4, -0.2) is 23.6 Å². The van der Waals surface area contributed by atoms with Crippen molar-refractivity contribution >= 4 is 38.9 Å². The Morgan fingerprint density at radius 1 is 1.42 bits per heavy atom. The van der Waals surface area contributed by atoms with E-state index < -0.39 is 0 Å². The molecule has 0 aliphatic heterocycles. The Morgan fingerprint density at radius 3 is 2.95 bits per heavy atom. The first-order valence-corrected chi connectivity index (χ1v) is 7.92. The van der Waals surface area contributed by atoms with Crippen LogP contribution in [0.1, 0.15) is 18.9 Å². The molecule has 0 saturated heterocycles. The van der Waals surface area contributed by atoms with E-state index in [1.807, 2.05) is 7.05 Å². The van der Waals surface area contributed by atoms with Crippen LogP contribution in [0, 0.1) is 0 Å². The van der Waals surface area contributed by atoms with Gasteiger partial charge < -0.3 is 10.2 Å². The minimum Gasteiger partial charge on any atom is -0.369 e. The summed E-state index contributed by atoms with van der Waals surface area (Å²) in [5, 5.41) is 7.54. The average molecular weight is 341 g/mol.